The Balaban J connectivity index is 1.32. The molecular formula is C21H24N2O5. The molecule has 4 rings (SSSR count). The van der Waals surface area contributed by atoms with Crippen molar-refractivity contribution in [2.45, 2.75) is 44.6 Å². The van der Waals surface area contributed by atoms with Gasteiger partial charge in [-0.15, -0.1) is 0 Å². The molecule has 1 saturated carbocycles. The van der Waals surface area contributed by atoms with Gasteiger partial charge in [-0.05, 0) is 43.7 Å². The molecule has 0 bridgehead atoms. The number of rotatable bonds is 4. The van der Waals surface area contributed by atoms with Crippen LogP contribution in [-0.2, 0) is 14.3 Å². The van der Waals surface area contributed by atoms with E-state index in [2.05, 4.69) is 0 Å². The Kier molecular flexibility index (Phi) is 5.15. The Labute approximate surface area is 163 Å². The van der Waals surface area contributed by atoms with Crippen molar-refractivity contribution >= 4 is 23.7 Å². The second kappa shape index (κ2) is 7.73. The molecule has 0 spiro atoms. The second-order valence-electron chi connectivity index (χ2n) is 7.74. The van der Waals surface area contributed by atoms with Crippen molar-refractivity contribution in [3.8, 4) is 0 Å². The van der Waals surface area contributed by atoms with Gasteiger partial charge in [0.2, 0.25) is 0 Å². The molecule has 2 atom stereocenters. The maximum absolute atomic E-state index is 12.6. The van der Waals surface area contributed by atoms with E-state index in [0.29, 0.717) is 12.5 Å². The van der Waals surface area contributed by atoms with Crippen LogP contribution in [-0.4, -0.2) is 59.2 Å². The van der Waals surface area contributed by atoms with E-state index in [0.717, 1.165) is 37.0 Å². The van der Waals surface area contributed by atoms with Gasteiger partial charge >= 0.3 is 5.97 Å². The first kappa shape index (κ1) is 18.7. The summed E-state index contributed by atoms with van der Waals surface area (Å²) in [5.41, 5.74) is 0.570. The zero-order chi connectivity index (χ0) is 19.7. The van der Waals surface area contributed by atoms with Crippen molar-refractivity contribution in [3.63, 3.8) is 0 Å². The first-order valence-corrected chi connectivity index (χ1v) is 9.96. The number of hydrogen-bond acceptors (Lipinski definition) is 5. The Bertz CT molecular complexity index is 784. The minimum absolute atomic E-state index is 0.188. The fourth-order valence-electron chi connectivity index (χ4n) is 4.72. The van der Waals surface area contributed by atoms with Crippen molar-refractivity contribution in [1.29, 1.82) is 0 Å². The fraction of sp³-hybridized carbons (Fsp3) is 0.524. The molecule has 1 aromatic rings. The van der Waals surface area contributed by atoms with Crippen molar-refractivity contribution < 1.29 is 23.9 Å². The van der Waals surface area contributed by atoms with Gasteiger partial charge in [0.25, 0.3) is 17.7 Å². The predicted molar refractivity (Wildman–Crippen MR) is 99.5 cm³/mol. The topological polar surface area (TPSA) is 84.0 Å². The molecule has 0 aromatic heterocycles. The lowest BCUT2D eigenvalue weighted by Crippen LogP contribution is -2.51. The summed E-state index contributed by atoms with van der Waals surface area (Å²) in [5.74, 6) is -1.40. The monoisotopic (exact) mass is 384 g/mol. The van der Waals surface area contributed by atoms with Gasteiger partial charge in [-0.25, -0.2) is 0 Å². The molecular weight excluding hydrogens is 360 g/mol. The standard InChI is InChI=1S/C21H24N2O5/c24-18(22-11-5-7-14-6-1-4-10-17(14)22)13-28-19(25)12-23-20(26)15-8-2-3-9-16(15)21(23)27/h2-3,8-9,14,17H,1,4-7,10-13H2/t14-,17-/m0/s1. The molecule has 0 N–H and O–H groups in total. The first-order chi connectivity index (χ1) is 13.6. The number of esters is 1. The molecule has 2 fully saturated rings. The average Bonchev–Trinajstić information content (AvgIpc) is 2.96. The van der Waals surface area contributed by atoms with Crippen molar-refractivity contribution in [2.75, 3.05) is 19.7 Å². The van der Waals surface area contributed by atoms with Crippen LogP contribution in [0.4, 0.5) is 0 Å². The molecule has 1 aliphatic carbocycles. The van der Waals surface area contributed by atoms with Crippen LogP contribution >= 0.6 is 0 Å². The van der Waals surface area contributed by atoms with E-state index in [-0.39, 0.29) is 29.7 Å². The zero-order valence-corrected chi connectivity index (χ0v) is 15.8. The third kappa shape index (κ3) is 3.41. The highest BCUT2D eigenvalue weighted by Crippen LogP contribution is 2.35. The highest BCUT2D eigenvalue weighted by Gasteiger charge is 2.38. The SMILES string of the molecule is O=C(CN1C(=O)c2ccccc2C1=O)OCC(=O)N1CCC[C@@H]2CCCC[C@@H]21. The molecule has 2 aliphatic heterocycles. The number of piperidine rings is 1. The van der Waals surface area contributed by atoms with Gasteiger partial charge in [0.05, 0.1) is 11.1 Å². The number of fused-ring (bicyclic) bond motifs is 2. The van der Waals surface area contributed by atoms with E-state index in [1.54, 1.807) is 24.3 Å². The molecule has 28 heavy (non-hydrogen) atoms. The number of amides is 3. The summed E-state index contributed by atoms with van der Waals surface area (Å²) in [7, 11) is 0. The predicted octanol–water partition coefficient (Wildman–Crippen LogP) is 2.01. The number of carbonyl (C=O) groups is 4. The minimum atomic E-state index is -0.750. The van der Waals surface area contributed by atoms with Crippen LogP contribution in [0.5, 0.6) is 0 Å². The van der Waals surface area contributed by atoms with E-state index >= 15 is 0 Å². The Morgan fingerprint density at radius 3 is 2.32 bits per heavy atom. The number of likely N-dealkylation sites (tertiary alicyclic amines) is 1. The molecule has 148 valence electrons. The van der Waals surface area contributed by atoms with Crippen LogP contribution in [0.3, 0.4) is 0 Å². The van der Waals surface area contributed by atoms with Crippen LogP contribution in [0.15, 0.2) is 24.3 Å². The summed E-state index contributed by atoms with van der Waals surface area (Å²) in [6, 6.07) is 6.71. The van der Waals surface area contributed by atoms with E-state index in [1.165, 1.54) is 6.42 Å². The van der Waals surface area contributed by atoms with Gasteiger partial charge in [-0.1, -0.05) is 25.0 Å². The molecule has 0 unspecified atom stereocenters. The average molecular weight is 384 g/mol. The van der Waals surface area contributed by atoms with E-state index in [1.807, 2.05) is 4.90 Å². The summed E-state index contributed by atoms with van der Waals surface area (Å²) >= 11 is 0. The van der Waals surface area contributed by atoms with E-state index < -0.39 is 24.3 Å². The van der Waals surface area contributed by atoms with Crippen LogP contribution in [0.2, 0.25) is 0 Å². The highest BCUT2D eigenvalue weighted by atomic mass is 16.5. The fourth-order valence-corrected chi connectivity index (χ4v) is 4.72. The maximum atomic E-state index is 12.6. The summed E-state index contributed by atoms with van der Waals surface area (Å²) in [4.78, 5) is 52.1. The van der Waals surface area contributed by atoms with Gasteiger partial charge in [0, 0.05) is 12.6 Å². The quantitative estimate of drug-likeness (QED) is 0.586. The van der Waals surface area contributed by atoms with Crippen LogP contribution in [0, 0.1) is 5.92 Å². The third-order valence-corrected chi connectivity index (χ3v) is 6.09. The zero-order valence-electron chi connectivity index (χ0n) is 15.8. The maximum Gasteiger partial charge on any atom is 0.326 e. The second-order valence-corrected chi connectivity index (χ2v) is 7.74. The number of benzene rings is 1. The molecule has 1 aromatic carbocycles. The number of hydrogen-bond donors (Lipinski definition) is 0. The lowest BCUT2D eigenvalue weighted by molar-refractivity contribution is -0.154. The summed E-state index contributed by atoms with van der Waals surface area (Å²) < 4.78 is 5.12. The van der Waals surface area contributed by atoms with Crippen LogP contribution in [0.25, 0.3) is 0 Å². The van der Waals surface area contributed by atoms with Gasteiger partial charge in [-0.2, -0.15) is 0 Å². The van der Waals surface area contributed by atoms with Crippen LogP contribution in [0.1, 0.15) is 59.2 Å². The van der Waals surface area contributed by atoms with Crippen molar-refractivity contribution in [1.82, 2.24) is 9.80 Å². The molecule has 7 heteroatoms. The van der Waals surface area contributed by atoms with Crippen LogP contribution < -0.4 is 0 Å². The molecule has 1 saturated heterocycles. The highest BCUT2D eigenvalue weighted by molar-refractivity contribution is 6.22. The first-order valence-electron chi connectivity index (χ1n) is 9.96. The van der Waals surface area contributed by atoms with Crippen molar-refractivity contribution in [3.05, 3.63) is 35.4 Å². The molecule has 3 aliphatic rings. The van der Waals surface area contributed by atoms with Crippen molar-refractivity contribution in [2.24, 2.45) is 5.92 Å². The van der Waals surface area contributed by atoms with Gasteiger partial charge in [0.1, 0.15) is 6.54 Å². The largest absolute Gasteiger partial charge is 0.454 e. The molecule has 7 nitrogen and oxygen atoms in total. The number of nitrogens with zero attached hydrogens (tertiary/aromatic N) is 2. The Morgan fingerprint density at radius 1 is 0.964 bits per heavy atom. The summed E-state index contributed by atoms with van der Waals surface area (Å²) in [6.45, 7) is -0.118. The third-order valence-electron chi connectivity index (χ3n) is 6.09. The molecule has 0 radical (unpaired) electrons. The minimum Gasteiger partial charge on any atom is -0.454 e. The lowest BCUT2D eigenvalue weighted by atomic mass is 9.78. The Hall–Kier alpha value is -2.70. The van der Waals surface area contributed by atoms with Gasteiger partial charge in [-0.3, -0.25) is 24.1 Å². The normalized spacial score (nSPS) is 24.0. The summed E-state index contributed by atoms with van der Waals surface area (Å²) in [6.07, 6.45) is 6.67. The lowest BCUT2D eigenvalue weighted by Gasteiger charge is -2.44. The van der Waals surface area contributed by atoms with E-state index in [9.17, 15) is 19.2 Å². The Morgan fingerprint density at radius 2 is 1.61 bits per heavy atom. The summed E-state index contributed by atoms with van der Waals surface area (Å²) in [5, 5.41) is 0. The van der Waals surface area contributed by atoms with Gasteiger partial charge < -0.3 is 9.64 Å². The van der Waals surface area contributed by atoms with Gasteiger partial charge in [0.15, 0.2) is 6.61 Å². The number of carbonyl (C=O) groups excluding carboxylic acids is 4. The smallest absolute Gasteiger partial charge is 0.326 e. The number of ether oxygens (including phenoxy) is 1. The number of imide groups is 1. The molecule has 3 amide bonds. The molecule has 2 heterocycles. The van der Waals surface area contributed by atoms with E-state index in [4.69, 9.17) is 4.74 Å².